The summed E-state index contributed by atoms with van der Waals surface area (Å²) >= 11 is 12.0. The van der Waals surface area contributed by atoms with Crippen molar-refractivity contribution < 1.29 is 9.13 Å². The second-order valence-electron chi connectivity index (χ2n) is 6.24. The molecule has 0 unspecified atom stereocenters. The van der Waals surface area contributed by atoms with Crippen molar-refractivity contribution in [1.82, 2.24) is 5.32 Å². The molecule has 27 heavy (non-hydrogen) atoms. The van der Waals surface area contributed by atoms with E-state index < -0.39 is 0 Å². The Morgan fingerprint density at radius 1 is 0.815 bits per heavy atom. The van der Waals surface area contributed by atoms with Crippen LogP contribution in [0.4, 0.5) is 4.39 Å². The molecule has 0 fully saturated rings. The third kappa shape index (κ3) is 6.24. The summed E-state index contributed by atoms with van der Waals surface area (Å²) in [5, 5.41) is 4.46. The molecule has 0 aromatic heterocycles. The molecule has 0 aliphatic rings. The molecule has 140 valence electrons. The lowest BCUT2D eigenvalue weighted by molar-refractivity contribution is 0.306. The molecule has 0 atom stereocenters. The Morgan fingerprint density at radius 2 is 1.59 bits per heavy atom. The lowest BCUT2D eigenvalue weighted by atomic mass is 10.1. The number of hydrogen-bond acceptors (Lipinski definition) is 2. The van der Waals surface area contributed by atoms with Crippen molar-refractivity contribution >= 4 is 23.2 Å². The van der Waals surface area contributed by atoms with Crippen molar-refractivity contribution in [2.75, 3.05) is 6.54 Å². The lowest BCUT2D eigenvalue weighted by Gasteiger charge is -2.10. The number of nitrogens with one attached hydrogen (secondary N) is 1. The zero-order chi connectivity index (χ0) is 19.1. The predicted molar refractivity (Wildman–Crippen MR) is 109 cm³/mol. The van der Waals surface area contributed by atoms with E-state index in [9.17, 15) is 4.39 Å². The fraction of sp³-hybridized carbons (Fsp3) is 0.182. The van der Waals surface area contributed by atoms with Gasteiger partial charge in [-0.25, -0.2) is 4.39 Å². The zero-order valence-electron chi connectivity index (χ0n) is 14.7. The molecule has 0 aliphatic carbocycles. The maximum absolute atomic E-state index is 12.9. The van der Waals surface area contributed by atoms with Gasteiger partial charge in [-0.1, -0.05) is 53.5 Å². The van der Waals surface area contributed by atoms with E-state index in [0.29, 0.717) is 16.7 Å². The van der Waals surface area contributed by atoms with E-state index in [1.54, 1.807) is 6.07 Å². The quantitative estimate of drug-likeness (QED) is 0.462. The first-order chi connectivity index (χ1) is 13.1. The summed E-state index contributed by atoms with van der Waals surface area (Å²) in [6, 6.07) is 20.1. The Hall–Kier alpha value is -2.07. The van der Waals surface area contributed by atoms with Crippen LogP contribution in [0, 0.1) is 5.82 Å². The monoisotopic (exact) mass is 403 g/mol. The van der Waals surface area contributed by atoms with E-state index in [1.807, 2.05) is 42.5 Å². The van der Waals surface area contributed by atoms with Crippen LogP contribution < -0.4 is 10.1 Å². The van der Waals surface area contributed by atoms with Gasteiger partial charge in [-0.05, 0) is 66.1 Å². The summed E-state index contributed by atoms with van der Waals surface area (Å²) in [7, 11) is 0. The van der Waals surface area contributed by atoms with Crippen LogP contribution in [-0.4, -0.2) is 6.54 Å². The van der Waals surface area contributed by atoms with Gasteiger partial charge in [0.05, 0.1) is 10.0 Å². The van der Waals surface area contributed by atoms with Gasteiger partial charge in [-0.2, -0.15) is 0 Å². The van der Waals surface area contributed by atoms with Crippen molar-refractivity contribution in [3.63, 3.8) is 0 Å². The van der Waals surface area contributed by atoms with Crippen LogP contribution in [0.2, 0.25) is 10.0 Å². The molecule has 2 nitrogen and oxygen atoms in total. The number of benzene rings is 3. The molecule has 0 aliphatic heterocycles. The van der Waals surface area contributed by atoms with Gasteiger partial charge < -0.3 is 10.1 Å². The third-order valence-corrected chi connectivity index (χ3v) is 4.86. The van der Waals surface area contributed by atoms with Gasteiger partial charge in [0.2, 0.25) is 0 Å². The molecule has 0 amide bonds. The van der Waals surface area contributed by atoms with Crippen LogP contribution in [0.3, 0.4) is 0 Å². The van der Waals surface area contributed by atoms with Crippen LogP contribution in [0.25, 0.3) is 0 Å². The molecule has 0 spiro atoms. The SMILES string of the molecule is Fc1ccc(CCNCc2cccc(OCc3ccc(Cl)c(Cl)c3)c2)cc1. The second kappa shape index (κ2) is 9.75. The minimum atomic E-state index is -0.204. The van der Waals surface area contributed by atoms with E-state index in [4.69, 9.17) is 27.9 Å². The van der Waals surface area contributed by atoms with Gasteiger partial charge in [-0.15, -0.1) is 0 Å². The highest BCUT2D eigenvalue weighted by Crippen LogP contribution is 2.23. The maximum atomic E-state index is 12.9. The largest absolute Gasteiger partial charge is 0.489 e. The molecule has 3 rings (SSSR count). The first kappa shape index (κ1) is 19.7. The molecule has 1 N–H and O–H groups in total. The lowest BCUT2D eigenvalue weighted by Crippen LogP contribution is -2.16. The molecular formula is C22H20Cl2FNO. The Morgan fingerprint density at radius 3 is 2.37 bits per heavy atom. The molecule has 0 saturated heterocycles. The summed E-state index contributed by atoms with van der Waals surface area (Å²) in [6.07, 6.45) is 0.855. The fourth-order valence-corrected chi connectivity index (χ4v) is 2.98. The van der Waals surface area contributed by atoms with E-state index in [-0.39, 0.29) is 5.82 Å². The topological polar surface area (TPSA) is 21.3 Å². The minimum Gasteiger partial charge on any atom is -0.489 e. The van der Waals surface area contributed by atoms with Gasteiger partial charge >= 0.3 is 0 Å². The Balaban J connectivity index is 1.46. The average molecular weight is 404 g/mol. The molecule has 0 heterocycles. The highest BCUT2D eigenvalue weighted by atomic mass is 35.5. The predicted octanol–water partition coefficient (Wildman–Crippen LogP) is 6.04. The normalized spacial score (nSPS) is 10.8. The first-order valence-electron chi connectivity index (χ1n) is 8.71. The molecule has 0 bridgehead atoms. The van der Waals surface area contributed by atoms with Gasteiger partial charge in [0.15, 0.2) is 0 Å². The number of halogens is 3. The smallest absolute Gasteiger partial charge is 0.123 e. The van der Waals surface area contributed by atoms with E-state index in [0.717, 1.165) is 42.0 Å². The molecule has 5 heteroatoms. The Bertz CT molecular complexity index is 884. The maximum Gasteiger partial charge on any atom is 0.123 e. The molecule has 0 saturated carbocycles. The van der Waals surface area contributed by atoms with Crippen LogP contribution in [0.5, 0.6) is 5.75 Å². The van der Waals surface area contributed by atoms with Crippen molar-refractivity contribution in [2.24, 2.45) is 0 Å². The van der Waals surface area contributed by atoms with E-state index in [1.165, 1.54) is 12.1 Å². The number of rotatable bonds is 8. The average Bonchev–Trinajstić information content (AvgIpc) is 2.68. The van der Waals surface area contributed by atoms with Crippen molar-refractivity contribution in [2.45, 2.75) is 19.6 Å². The number of hydrogen-bond donors (Lipinski definition) is 1. The van der Waals surface area contributed by atoms with Crippen LogP contribution in [-0.2, 0) is 19.6 Å². The molecule has 3 aromatic carbocycles. The molecule has 3 aromatic rings. The Kier molecular flexibility index (Phi) is 7.11. The van der Waals surface area contributed by atoms with Crippen molar-refractivity contribution in [1.29, 1.82) is 0 Å². The highest BCUT2D eigenvalue weighted by molar-refractivity contribution is 6.42. The fourth-order valence-electron chi connectivity index (χ4n) is 2.66. The van der Waals surface area contributed by atoms with Crippen LogP contribution >= 0.6 is 23.2 Å². The third-order valence-electron chi connectivity index (χ3n) is 4.12. The van der Waals surface area contributed by atoms with Crippen molar-refractivity contribution in [3.8, 4) is 5.75 Å². The first-order valence-corrected chi connectivity index (χ1v) is 9.46. The second-order valence-corrected chi connectivity index (χ2v) is 7.05. The van der Waals surface area contributed by atoms with E-state index >= 15 is 0 Å². The van der Waals surface area contributed by atoms with Gasteiger partial charge in [0, 0.05) is 6.54 Å². The molecular weight excluding hydrogens is 384 g/mol. The summed E-state index contributed by atoms with van der Waals surface area (Å²) in [6.45, 7) is 1.99. The number of ether oxygens (including phenoxy) is 1. The minimum absolute atomic E-state index is 0.204. The summed E-state index contributed by atoms with van der Waals surface area (Å²) in [4.78, 5) is 0. The van der Waals surface area contributed by atoms with Gasteiger partial charge in [-0.3, -0.25) is 0 Å². The van der Waals surface area contributed by atoms with Gasteiger partial charge in [0.1, 0.15) is 18.2 Å². The van der Waals surface area contributed by atoms with Gasteiger partial charge in [0.25, 0.3) is 0 Å². The standard InChI is InChI=1S/C22H20Cl2FNO/c23-21-9-6-18(13-22(21)24)15-27-20-3-1-2-17(12-20)14-26-11-10-16-4-7-19(25)8-5-16/h1-9,12-13,26H,10-11,14-15H2. The summed E-state index contributed by atoms with van der Waals surface area (Å²) in [5.41, 5.74) is 3.22. The van der Waals surface area contributed by atoms with E-state index in [2.05, 4.69) is 11.4 Å². The molecule has 0 radical (unpaired) electrons. The summed E-state index contributed by atoms with van der Waals surface area (Å²) in [5.74, 6) is 0.600. The van der Waals surface area contributed by atoms with Crippen LogP contribution in [0.15, 0.2) is 66.7 Å². The summed E-state index contributed by atoms with van der Waals surface area (Å²) < 4.78 is 18.8. The Labute approximate surface area is 168 Å². The highest BCUT2D eigenvalue weighted by Gasteiger charge is 2.02. The van der Waals surface area contributed by atoms with Crippen LogP contribution in [0.1, 0.15) is 16.7 Å². The van der Waals surface area contributed by atoms with Crippen molar-refractivity contribution in [3.05, 3.63) is 99.3 Å². The zero-order valence-corrected chi connectivity index (χ0v) is 16.2.